The molecule has 31 heavy (non-hydrogen) atoms. The smallest absolute Gasteiger partial charge is 0.0949 e. The Morgan fingerprint density at radius 3 is 2.35 bits per heavy atom. The zero-order valence-corrected chi connectivity index (χ0v) is 18.5. The highest BCUT2D eigenvalue weighted by Gasteiger charge is 2.26. The summed E-state index contributed by atoms with van der Waals surface area (Å²) in [6.07, 6.45) is 9.97. The first-order chi connectivity index (χ1) is 15.3. The Kier molecular flexibility index (Phi) is 7.03. The molecule has 1 aliphatic rings. The molecule has 0 amide bonds. The Hall–Kier alpha value is -3.07. The molecule has 3 heteroatoms. The van der Waals surface area contributed by atoms with E-state index in [-0.39, 0.29) is 6.04 Å². The summed E-state index contributed by atoms with van der Waals surface area (Å²) in [6.45, 7) is 7.70. The molecule has 0 radical (unpaired) electrons. The molecule has 0 spiro atoms. The minimum Gasteiger partial charge on any atom is -0.384 e. The Labute approximate surface area is 186 Å². The lowest BCUT2D eigenvalue weighted by atomic mass is 10.0. The summed E-state index contributed by atoms with van der Waals surface area (Å²) in [5.74, 6) is 0. The third kappa shape index (κ3) is 5.16. The van der Waals surface area contributed by atoms with Crippen LogP contribution in [0.25, 0.3) is 11.1 Å². The molecule has 1 N–H and O–H groups in total. The zero-order chi connectivity index (χ0) is 21.5. The summed E-state index contributed by atoms with van der Waals surface area (Å²) in [7, 11) is 0. The van der Waals surface area contributed by atoms with E-state index in [9.17, 15) is 0 Å². The Bertz CT molecular complexity index is 945. The molecule has 4 rings (SSSR count). The number of hydrogen-bond donors (Lipinski definition) is 1. The van der Waals surface area contributed by atoms with Gasteiger partial charge < -0.3 is 10.2 Å². The van der Waals surface area contributed by atoms with Crippen molar-refractivity contribution >= 4 is 5.69 Å². The van der Waals surface area contributed by atoms with E-state index >= 15 is 0 Å². The summed E-state index contributed by atoms with van der Waals surface area (Å²) in [6, 6.07) is 24.3. The Morgan fingerprint density at radius 1 is 1.00 bits per heavy atom. The van der Waals surface area contributed by atoms with Gasteiger partial charge in [0.25, 0.3) is 0 Å². The maximum Gasteiger partial charge on any atom is 0.0949 e. The van der Waals surface area contributed by atoms with Crippen molar-refractivity contribution in [2.24, 2.45) is 0 Å². The zero-order valence-electron chi connectivity index (χ0n) is 18.5. The maximum atomic E-state index is 4.51. The molecule has 0 bridgehead atoms. The van der Waals surface area contributed by atoms with Gasteiger partial charge in [0.1, 0.15) is 0 Å². The number of anilines is 1. The van der Waals surface area contributed by atoms with Crippen LogP contribution < -0.4 is 10.2 Å². The highest BCUT2D eigenvalue weighted by molar-refractivity contribution is 5.66. The van der Waals surface area contributed by atoms with E-state index < -0.39 is 0 Å². The molecule has 1 aliphatic carbocycles. The second-order valence-electron chi connectivity index (χ2n) is 8.45. The van der Waals surface area contributed by atoms with E-state index in [4.69, 9.17) is 0 Å². The topological polar surface area (TPSA) is 28.2 Å². The molecule has 1 aromatic heterocycles. The molecular formula is C28H33N3. The van der Waals surface area contributed by atoms with Gasteiger partial charge in [-0.15, -0.1) is 0 Å². The van der Waals surface area contributed by atoms with Crippen molar-refractivity contribution < 1.29 is 0 Å². The molecule has 2 aromatic carbocycles. The van der Waals surface area contributed by atoms with Crippen LogP contribution in [-0.2, 0) is 0 Å². The predicted octanol–water partition coefficient (Wildman–Crippen LogP) is 6.75. The Morgan fingerprint density at radius 2 is 1.71 bits per heavy atom. The molecule has 1 atom stereocenters. The second kappa shape index (κ2) is 10.3. The maximum absolute atomic E-state index is 4.51. The number of nitrogens with zero attached hydrogens (tertiary/aromatic N) is 2. The molecule has 3 nitrogen and oxygen atoms in total. The summed E-state index contributed by atoms with van der Waals surface area (Å²) in [5, 5.41) is 3.76. The van der Waals surface area contributed by atoms with Crippen LogP contribution >= 0.6 is 0 Å². The van der Waals surface area contributed by atoms with Gasteiger partial charge in [0.15, 0.2) is 0 Å². The van der Waals surface area contributed by atoms with Crippen LogP contribution in [0.5, 0.6) is 0 Å². The van der Waals surface area contributed by atoms with Crippen molar-refractivity contribution in [3.63, 3.8) is 0 Å². The van der Waals surface area contributed by atoms with Gasteiger partial charge in [-0.05, 0) is 54.2 Å². The molecule has 1 unspecified atom stereocenters. The van der Waals surface area contributed by atoms with E-state index in [1.54, 1.807) is 0 Å². The van der Waals surface area contributed by atoms with Gasteiger partial charge in [0.2, 0.25) is 0 Å². The van der Waals surface area contributed by atoms with Crippen LogP contribution in [0.4, 0.5) is 5.69 Å². The number of pyridine rings is 1. The predicted molar refractivity (Wildman–Crippen MR) is 131 cm³/mol. The van der Waals surface area contributed by atoms with Crippen LogP contribution in [-0.4, -0.2) is 17.6 Å². The van der Waals surface area contributed by atoms with Gasteiger partial charge >= 0.3 is 0 Å². The molecule has 3 aromatic rings. The van der Waals surface area contributed by atoms with Crippen LogP contribution in [0, 0.1) is 0 Å². The Balaban J connectivity index is 1.65. The third-order valence-electron chi connectivity index (χ3n) is 6.16. The number of hydrogen-bond acceptors (Lipinski definition) is 3. The minimum absolute atomic E-state index is 0.0526. The van der Waals surface area contributed by atoms with Gasteiger partial charge in [0.05, 0.1) is 6.04 Å². The second-order valence-corrected chi connectivity index (χ2v) is 8.45. The van der Waals surface area contributed by atoms with Gasteiger partial charge in [-0.1, -0.05) is 74.9 Å². The van der Waals surface area contributed by atoms with Crippen molar-refractivity contribution in [3.05, 3.63) is 97.0 Å². The monoisotopic (exact) mass is 411 g/mol. The van der Waals surface area contributed by atoms with E-state index in [2.05, 4.69) is 89.4 Å². The number of aromatic nitrogens is 1. The molecule has 1 heterocycles. The third-order valence-corrected chi connectivity index (χ3v) is 6.16. The van der Waals surface area contributed by atoms with Crippen molar-refractivity contribution in [2.45, 2.75) is 51.1 Å². The lowest BCUT2D eigenvalue weighted by Gasteiger charge is -2.36. The first-order valence-corrected chi connectivity index (χ1v) is 11.5. The molecule has 0 aliphatic heterocycles. The molecule has 160 valence electrons. The van der Waals surface area contributed by atoms with Crippen molar-refractivity contribution in [2.75, 3.05) is 11.4 Å². The summed E-state index contributed by atoms with van der Waals surface area (Å²) in [5.41, 5.74) is 5.94. The highest BCUT2D eigenvalue weighted by Crippen LogP contribution is 2.34. The standard InChI is InChI=1S/C28H33N3/c1-3-20-31(27-17-15-24(16-18-27)23-10-5-4-6-11-23)28(25-12-9-19-29-21-25)22(2)30-26-13-7-8-14-26/h4-6,9-12,15-19,21,26,28,30H,2-3,7-8,13-14,20H2,1H3. The molecular weight excluding hydrogens is 378 g/mol. The average molecular weight is 412 g/mol. The van der Waals surface area contributed by atoms with Crippen LogP contribution in [0.3, 0.4) is 0 Å². The highest BCUT2D eigenvalue weighted by atomic mass is 15.2. The quantitative estimate of drug-likeness (QED) is 0.422. The lowest BCUT2D eigenvalue weighted by Crippen LogP contribution is -2.37. The van der Waals surface area contributed by atoms with Gasteiger partial charge in [-0.3, -0.25) is 4.98 Å². The number of rotatable bonds is 9. The SMILES string of the molecule is C=C(NC1CCCC1)C(c1cccnc1)N(CCC)c1ccc(-c2ccccc2)cc1. The lowest BCUT2D eigenvalue weighted by molar-refractivity contribution is 0.537. The fraction of sp³-hybridized carbons (Fsp3) is 0.321. The average Bonchev–Trinajstić information content (AvgIpc) is 3.33. The van der Waals surface area contributed by atoms with Crippen molar-refractivity contribution in [1.29, 1.82) is 0 Å². The molecule has 1 saturated carbocycles. The fourth-order valence-electron chi connectivity index (χ4n) is 4.64. The first-order valence-electron chi connectivity index (χ1n) is 11.5. The largest absolute Gasteiger partial charge is 0.384 e. The van der Waals surface area contributed by atoms with Crippen molar-refractivity contribution in [1.82, 2.24) is 10.3 Å². The van der Waals surface area contributed by atoms with Crippen LogP contribution in [0.1, 0.15) is 50.6 Å². The normalized spacial score (nSPS) is 14.9. The van der Waals surface area contributed by atoms with Crippen LogP contribution in [0.15, 0.2) is 91.4 Å². The van der Waals surface area contributed by atoms with Gasteiger partial charge in [0, 0.05) is 36.4 Å². The van der Waals surface area contributed by atoms with Crippen molar-refractivity contribution in [3.8, 4) is 11.1 Å². The fourth-order valence-corrected chi connectivity index (χ4v) is 4.64. The van der Waals surface area contributed by atoms with E-state index in [1.807, 2.05) is 18.5 Å². The van der Waals surface area contributed by atoms with Gasteiger partial charge in [-0.25, -0.2) is 0 Å². The van der Waals surface area contributed by atoms with E-state index in [0.717, 1.165) is 18.7 Å². The number of nitrogens with one attached hydrogen (secondary N) is 1. The minimum atomic E-state index is 0.0526. The first kappa shape index (κ1) is 21.2. The van der Waals surface area contributed by atoms with Crippen LogP contribution in [0.2, 0.25) is 0 Å². The number of benzene rings is 2. The molecule has 1 fully saturated rings. The molecule has 0 saturated heterocycles. The summed E-state index contributed by atoms with van der Waals surface area (Å²) < 4.78 is 0. The van der Waals surface area contributed by atoms with E-state index in [0.29, 0.717) is 6.04 Å². The van der Waals surface area contributed by atoms with Gasteiger partial charge in [-0.2, -0.15) is 0 Å². The van der Waals surface area contributed by atoms with E-state index in [1.165, 1.54) is 48.1 Å². The summed E-state index contributed by atoms with van der Waals surface area (Å²) >= 11 is 0. The summed E-state index contributed by atoms with van der Waals surface area (Å²) in [4.78, 5) is 6.88.